The molecule has 3 rings (SSSR count). The lowest BCUT2D eigenvalue weighted by Crippen LogP contribution is -2.45. The van der Waals surface area contributed by atoms with Crippen molar-refractivity contribution in [3.63, 3.8) is 0 Å². The normalized spacial score (nSPS) is 20.0. The van der Waals surface area contributed by atoms with E-state index in [2.05, 4.69) is 41.4 Å². The van der Waals surface area contributed by atoms with Crippen LogP contribution in [0.1, 0.15) is 31.4 Å². The van der Waals surface area contributed by atoms with E-state index in [4.69, 9.17) is 4.74 Å². The third-order valence-electron chi connectivity index (χ3n) is 4.15. The number of hydrogen-bond acceptors (Lipinski definition) is 3. The van der Waals surface area contributed by atoms with E-state index >= 15 is 0 Å². The van der Waals surface area contributed by atoms with E-state index in [9.17, 15) is 0 Å². The van der Waals surface area contributed by atoms with E-state index in [1.165, 1.54) is 18.4 Å². The number of para-hydroxylation sites is 1. The smallest absolute Gasteiger partial charge is 0.124 e. The molecule has 0 aromatic heterocycles. The quantitative estimate of drug-likeness (QED) is 0.895. The van der Waals surface area contributed by atoms with Crippen LogP contribution in [-0.2, 0) is 0 Å². The molecule has 1 aliphatic heterocycles. The molecule has 120 valence electrons. The van der Waals surface area contributed by atoms with E-state index in [-0.39, 0.29) is 24.8 Å². The Bertz CT molecular complexity index is 420. The van der Waals surface area contributed by atoms with Gasteiger partial charge in [0, 0.05) is 37.8 Å². The van der Waals surface area contributed by atoms with Crippen LogP contribution in [0.2, 0.25) is 0 Å². The van der Waals surface area contributed by atoms with Gasteiger partial charge in [-0.2, -0.15) is 0 Å². The van der Waals surface area contributed by atoms with Crippen LogP contribution in [0.25, 0.3) is 0 Å². The molecule has 2 fully saturated rings. The van der Waals surface area contributed by atoms with Crippen molar-refractivity contribution >= 4 is 24.8 Å². The molecule has 1 N–H and O–H groups in total. The highest BCUT2D eigenvalue weighted by Gasteiger charge is 2.38. The largest absolute Gasteiger partial charge is 0.494 e. The van der Waals surface area contributed by atoms with Gasteiger partial charge in [-0.1, -0.05) is 18.2 Å². The molecular formula is C16H26Cl2N2O. The Labute approximate surface area is 140 Å². The summed E-state index contributed by atoms with van der Waals surface area (Å²) in [6.07, 6.45) is 2.74. The molecule has 0 bridgehead atoms. The van der Waals surface area contributed by atoms with Gasteiger partial charge >= 0.3 is 0 Å². The number of nitrogens with one attached hydrogen (secondary N) is 1. The SMILES string of the molecule is CCOc1ccccc1[C@@H](C1CC1)N1CCNCC1.Cl.Cl. The molecule has 21 heavy (non-hydrogen) atoms. The predicted octanol–water partition coefficient (Wildman–Crippen LogP) is 3.29. The second-order valence-electron chi connectivity index (χ2n) is 5.54. The number of benzene rings is 1. The van der Waals surface area contributed by atoms with E-state index in [0.29, 0.717) is 6.04 Å². The van der Waals surface area contributed by atoms with E-state index in [0.717, 1.165) is 44.5 Å². The minimum absolute atomic E-state index is 0. The van der Waals surface area contributed by atoms with E-state index in [1.54, 1.807) is 0 Å². The fourth-order valence-electron chi connectivity index (χ4n) is 3.13. The molecular weight excluding hydrogens is 307 g/mol. The summed E-state index contributed by atoms with van der Waals surface area (Å²) in [4.78, 5) is 2.64. The van der Waals surface area contributed by atoms with Crippen LogP contribution in [0.3, 0.4) is 0 Å². The first-order chi connectivity index (χ1) is 9.40. The zero-order valence-corrected chi connectivity index (χ0v) is 14.2. The Kier molecular flexibility index (Phi) is 7.82. The fraction of sp³-hybridized carbons (Fsp3) is 0.625. The second-order valence-corrected chi connectivity index (χ2v) is 5.54. The van der Waals surface area contributed by atoms with Crippen molar-refractivity contribution in [1.29, 1.82) is 0 Å². The van der Waals surface area contributed by atoms with Gasteiger partial charge in [0.15, 0.2) is 0 Å². The maximum Gasteiger partial charge on any atom is 0.124 e. The molecule has 1 heterocycles. The molecule has 0 radical (unpaired) electrons. The molecule has 5 heteroatoms. The summed E-state index contributed by atoms with van der Waals surface area (Å²) in [6.45, 7) is 7.34. The Morgan fingerprint density at radius 3 is 2.48 bits per heavy atom. The van der Waals surface area contributed by atoms with Crippen LogP contribution in [-0.4, -0.2) is 37.7 Å². The molecule has 1 aromatic rings. The number of nitrogens with zero attached hydrogens (tertiary/aromatic N) is 1. The summed E-state index contributed by atoms with van der Waals surface area (Å²) in [5, 5.41) is 3.45. The molecule has 1 saturated heterocycles. The number of piperazine rings is 1. The molecule has 1 atom stereocenters. The van der Waals surface area contributed by atoms with Crippen LogP contribution >= 0.6 is 24.8 Å². The molecule has 0 spiro atoms. The van der Waals surface area contributed by atoms with Crippen molar-refractivity contribution in [3.05, 3.63) is 29.8 Å². The third-order valence-corrected chi connectivity index (χ3v) is 4.15. The first-order valence-electron chi connectivity index (χ1n) is 7.56. The lowest BCUT2D eigenvalue weighted by atomic mass is 9.98. The zero-order chi connectivity index (χ0) is 13.1. The van der Waals surface area contributed by atoms with Crippen LogP contribution in [0, 0.1) is 5.92 Å². The Hall–Kier alpha value is -0.480. The van der Waals surface area contributed by atoms with Crippen LogP contribution in [0.4, 0.5) is 0 Å². The average molecular weight is 333 g/mol. The second kappa shape index (κ2) is 8.84. The lowest BCUT2D eigenvalue weighted by molar-refractivity contribution is 0.152. The first kappa shape index (κ1) is 18.6. The summed E-state index contributed by atoms with van der Waals surface area (Å²) in [5.74, 6) is 1.92. The Morgan fingerprint density at radius 1 is 1.19 bits per heavy atom. The predicted molar refractivity (Wildman–Crippen MR) is 92.0 cm³/mol. The molecule has 0 unspecified atom stereocenters. The van der Waals surface area contributed by atoms with Crippen LogP contribution in [0.15, 0.2) is 24.3 Å². The van der Waals surface area contributed by atoms with E-state index in [1.807, 2.05) is 0 Å². The van der Waals surface area contributed by atoms with Crippen LogP contribution < -0.4 is 10.1 Å². The lowest BCUT2D eigenvalue weighted by Gasteiger charge is -2.36. The maximum absolute atomic E-state index is 5.84. The number of hydrogen-bond donors (Lipinski definition) is 1. The van der Waals surface area contributed by atoms with Crippen molar-refractivity contribution in [2.75, 3.05) is 32.8 Å². The van der Waals surface area contributed by atoms with Gasteiger partial charge < -0.3 is 10.1 Å². The minimum atomic E-state index is 0. The average Bonchev–Trinajstić information content (AvgIpc) is 3.27. The molecule has 1 aliphatic carbocycles. The van der Waals surface area contributed by atoms with Crippen molar-refractivity contribution in [3.8, 4) is 5.75 Å². The Morgan fingerprint density at radius 2 is 1.86 bits per heavy atom. The van der Waals surface area contributed by atoms with Crippen molar-refractivity contribution in [2.45, 2.75) is 25.8 Å². The fourth-order valence-corrected chi connectivity index (χ4v) is 3.13. The monoisotopic (exact) mass is 332 g/mol. The highest BCUT2D eigenvalue weighted by atomic mass is 35.5. The van der Waals surface area contributed by atoms with Gasteiger partial charge in [-0.05, 0) is 31.7 Å². The number of ether oxygens (including phenoxy) is 1. The Balaban J connectivity index is 0.00000110. The number of rotatable bonds is 5. The standard InChI is InChI=1S/C16H24N2O.2ClH/c1-2-19-15-6-4-3-5-14(15)16(13-7-8-13)18-11-9-17-10-12-18;;/h3-6,13,16-17H,2,7-12H2,1H3;2*1H/t16-;;/m1../s1. The molecule has 1 aromatic carbocycles. The highest BCUT2D eigenvalue weighted by Crippen LogP contribution is 2.46. The van der Waals surface area contributed by atoms with Crippen molar-refractivity contribution < 1.29 is 4.74 Å². The van der Waals surface area contributed by atoms with Crippen LogP contribution in [0.5, 0.6) is 5.75 Å². The topological polar surface area (TPSA) is 24.5 Å². The van der Waals surface area contributed by atoms with Gasteiger partial charge in [0.05, 0.1) is 6.61 Å². The summed E-state index contributed by atoms with van der Waals surface area (Å²) in [7, 11) is 0. The number of halogens is 2. The summed E-state index contributed by atoms with van der Waals surface area (Å²) < 4.78 is 5.84. The van der Waals surface area contributed by atoms with Gasteiger partial charge in [0.2, 0.25) is 0 Å². The minimum Gasteiger partial charge on any atom is -0.494 e. The summed E-state index contributed by atoms with van der Waals surface area (Å²) in [6, 6.07) is 9.17. The van der Waals surface area contributed by atoms with Gasteiger partial charge in [-0.15, -0.1) is 24.8 Å². The van der Waals surface area contributed by atoms with Gasteiger partial charge in [-0.25, -0.2) is 0 Å². The summed E-state index contributed by atoms with van der Waals surface area (Å²) >= 11 is 0. The molecule has 1 saturated carbocycles. The first-order valence-corrected chi connectivity index (χ1v) is 7.56. The van der Waals surface area contributed by atoms with Crippen molar-refractivity contribution in [1.82, 2.24) is 10.2 Å². The zero-order valence-electron chi connectivity index (χ0n) is 12.6. The van der Waals surface area contributed by atoms with Crippen molar-refractivity contribution in [2.24, 2.45) is 5.92 Å². The third kappa shape index (κ3) is 4.49. The van der Waals surface area contributed by atoms with Gasteiger partial charge in [-0.3, -0.25) is 4.90 Å². The van der Waals surface area contributed by atoms with E-state index < -0.39 is 0 Å². The maximum atomic E-state index is 5.84. The molecule has 3 nitrogen and oxygen atoms in total. The molecule has 2 aliphatic rings. The van der Waals surface area contributed by atoms with Gasteiger partial charge in [0.1, 0.15) is 5.75 Å². The van der Waals surface area contributed by atoms with Gasteiger partial charge in [0.25, 0.3) is 0 Å². The summed E-state index contributed by atoms with van der Waals surface area (Å²) in [5.41, 5.74) is 1.40. The molecule has 0 amide bonds. The highest BCUT2D eigenvalue weighted by molar-refractivity contribution is 5.85.